The van der Waals surface area contributed by atoms with Gasteiger partial charge in [-0.1, -0.05) is 30.3 Å². The Hall–Kier alpha value is -3.81. The zero-order valence-electron chi connectivity index (χ0n) is 18.4. The van der Waals surface area contributed by atoms with Crippen LogP contribution in [-0.4, -0.2) is 42.2 Å². The molecule has 32 heavy (non-hydrogen) atoms. The number of methoxy groups -OCH3 is 1. The number of hydrogen-bond acceptors (Lipinski definition) is 6. The van der Waals surface area contributed by atoms with Gasteiger partial charge in [0.05, 0.1) is 12.7 Å². The van der Waals surface area contributed by atoms with Gasteiger partial charge in [-0.15, -0.1) is 0 Å². The van der Waals surface area contributed by atoms with Gasteiger partial charge in [0, 0.05) is 26.5 Å². The zero-order valence-corrected chi connectivity index (χ0v) is 18.4. The van der Waals surface area contributed by atoms with Gasteiger partial charge in [0.2, 0.25) is 0 Å². The quantitative estimate of drug-likeness (QED) is 0.490. The molecule has 3 aromatic rings. The van der Waals surface area contributed by atoms with E-state index in [2.05, 4.69) is 10.3 Å². The highest BCUT2D eigenvalue weighted by atomic mass is 16.5. The van der Waals surface area contributed by atoms with E-state index < -0.39 is 12.1 Å². The van der Waals surface area contributed by atoms with Gasteiger partial charge in [-0.2, -0.15) is 0 Å². The molecule has 0 aliphatic carbocycles. The number of aryl methyl sites for hydroxylation is 2. The first-order valence-corrected chi connectivity index (χ1v) is 10.3. The zero-order chi connectivity index (χ0) is 22.9. The molecule has 0 fully saturated rings. The van der Waals surface area contributed by atoms with Crippen molar-refractivity contribution in [3.8, 4) is 11.5 Å². The number of carbonyl (C=O) groups excluding carboxylic acids is 2. The van der Waals surface area contributed by atoms with Crippen molar-refractivity contribution in [3.05, 3.63) is 77.9 Å². The van der Waals surface area contributed by atoms with Crippen LogP contribution in [0.1, 0.15) is 34.3 Å². The summed E-state index contributed by atoms with van der Waals surface area (Å²) in [6.45, 7) is -0.155. The number of amides is 1. The van der Waals surface area contributed by atoms with Crippen LogP contribution in [0, 0.1) is 0 Å². The number of nitrogens with one attached hydrogen (secondary N) is 1. The molecule has 0 spiro atoms. The lowest BCUT2D eigenvalue weighted by Crippen LogP contribution is -2.25. The molecule has 0 bridgehead atoms. The number of benzene rings is 2. The first-order valence-electron chi connectivity index (χ1n) is 10.3. The van der Waals surface area contributed by atoms with Crippen LogP contribution in [0.5, 0.6) is 11.5 Å². The molecule has 0 saturated heterocycles. The summed E-state index contributed by atoms with van der Waals surface area (Å²) in [4.78, 5) is 28.7. The molecule has 1 aromatic heterocycles. The Labute approximate surface area is 187 Å². The van der Waals surface area contributed by atoms with E-state index in [9.17, 15) is 9.59 Å². The first kappa shape index (κ1) is 22.9. The second-order valence-electron chi connectivity index (χ2n) is 7.14. The summed E-state index contributed by atoms with van der Waals surface area (Å²) in [5.74, 6) is 0.597. The molecule has 1 amide bonds. The molecule has 0 radical (unpaired) electrons. The normalized spacial score (nSPS) is 11.5. The highest BCUT2D eigenvalue weighted by Crippen LogP contribution is 2.30. The molecule has 3 rings (SSSR count). The average molecular weight is 437 g/mol. The van der Waals surface area contributed by atoms with E-state index >= 15 is 0 Å². The van der Waals surface area contributed by atoms with Gasteiger partial charge >= 0.3 is 5.97 Å². The van der Waals surface area contributed by atoms with E-state index in [0.717, 1.165) is 12.0 Å². The van der Waals surface area contributed by atoms with E-state index in [1.54, 1.807) is 18.3 Å². The summed E-state index contributed by atoms with van der Waals surface area (Å²) in [6.07, 6.45) is 4.31. The van der Waals surface area contributed by atoms with E-state index in [1.807, 2.05) is 48.1 Å². The lowest BCUT2D eigenvalue weighted by molar-refractivity contribution is -0.122. The van der Waals surface area contributed by atoms with Crippen molar-refractivity contribution in [2.75, 3.05) is 20.8 Å². The Bertz CT molecular complexity index is 1050. The largest absolute Gasteiger partial charge is 0.493 e. The minimum atomic E-state index is -0.516. The Morgan fingerprint density at radius 2 is 1.91 bits per heavy atom. The highest BCUT2D eigenvalue weighted by molar-refractivity contribution is 5.90. The lowest BCUT2D eigenvalue weighted by Gasteiger charge is -2.18. The van der Waals surface area contributed by atoms with Crippen LogP contribution in [0.15, 0.2) is 60.9 Å². The number of rotatable bonds is 10. The summed E-state index contributed by atoms with van der Waals surface area (Å²) in [6, 6.07) is 14.7. The van der Waals surface area contributed by atoms with E-state index in [4.69, 9.17) is 14.2 Å². The Balaban J connectivity index is 1.75. The average Bonchev–Trinajstić information content (AvgIpc) is 3.26. The number of ether oxygens (including phenoxy) is 3. The van der Waals surface area contributed by atoms with Gasteiger partial charge in [0.25, 0.3) is 5.91 Å². The number of carbonyl (C=O) groups is 2. The first-order chi connectivity index (χ1) is 15.5. The topological polar surface area (TPSA) is 91.7 Å². The van der Waals surface area contributed by atoms with Crippen LogP contribution in [0.2, 0.25) is 0 Å². The Morgan fingerprint density at radius 3 is 2.56 bits per heavy atom. The second kappa shape index (κ2) is 11.0. The molecule has 0 unspecified atom stereocenters. The molecule has 0 saturated carbocycles. The third-order valence-electron chi connectivity index (χ3n) is 4.97. The fraction of sp³-hybridized carbons (Fsp3) is 0.292. The summed E-state index contributed by atoms with van der Waals surface area (Å²) < 4.78 is 18.5. The maximum atomic E-state index is 12.9. The third kappa shape index (κ3) is 5.87. The fourth-order valence-corrected chi connectivity index (χ4v) is 3.20. The maximum Gasteiger partial charge on any atom is 0.338 e. The minimum absolute atomic E-state index is 0.155. The second-order valence-corrected chi connectivity index (χ2v) is 7.14. The summed E-state index contributed by atoms with van der Waals surface area (Å²) in [7, 11) is 4.86. The van der Waals surface area contributed by atoms with Crippen LogP contribution in [0.4, 0.5) is 0 Å². The van der Waals surface area contributed by atoms with Crippen molar-refractivity contribution in [2.24, 2.45) is 7.05 Å². The van der Waals surface area contributed by atoms with Gasteiger partial charge < -0.3 is 24.1 Å². The molecule has 1 N–H and O–H groups in total. The van der Waals surface area contributed by atoms with Crippen LogP contribution in [-0.2, 0) is 23.0 Å². The number of nitrogens with zero attached hydrogens (tertiary/aromatic N) is 2. The van der Waals surface area contributed by atoms with Gasteiger partial charge in [-0.25, -0.2) is 9.78 Å². The van der Waals surface area contributed by atoms with Crippen molar-refractivity contribution in [2.45, 2.75) is 18.9 Å². The molecular weight excluding hydrogens is 410 g/mol. The monoisotopic (exact) mass is 437 g/mol. The SMILES string of the molecule is CNC(=O)COc1ccc(C(=O)O[C@@H](CCc2ccccc2)c2nccn2C)cc1OC. The molecule has 0 aliphatic heterocycles. The Kier molecular flexibility index (Phi) is 7.85. The van der Waals surface area contributed by atoms with E-state index in [1.165, 1.54) is 20.2 Å². The van der Waals surface area contributed by atoms with E-state index in [-0.39, 0.29) is 12.5 Å². The number of aromatic nitrogens is 2. The van der Waals surface area contributed by atoms with Gasteiger partial charge in [0.1, 0.15) is 5.82 Å². The summed E-state index contributed by atoms with van der Waals surface area (Å²) in [5.41, 5.74) is 1.47. The number of imidazole rings is 1. The maximum absolute atomic E-state index is 12.9. The van der Waals surface area contributed by atoms with Gasteiger partial charge in [-0.05, 0) is 36.6 Å². The lowest BCUT2D eigenvalue weighted by atomic mass is 10.1. The van der Waals surface area contributed by atoms with Crippen molar-refractivity contribution in [1.29, 1.82) is 0 Å². The summed E-state index contributed by atoms with van der Waals surface area (Å²) in [5, 5.41) is 2.48. The minimum Gasteiger partial charge on any atom is -0.493 e. The molecule has 8 heteroatoms. The number of likely N-dealkylation sites (N-methyl/N-ethyl adjacent to an activating group) is 1. The molecule has 168 valence electrons. The smallest absolute Gasteiger partial charge is 0.338 e. The molecule has 1 heterocycles. The fourth-order valence-electron chi connectivity index (χ4n) is 3.20. The van der Waals surface area contributed by atoms with Gasteiger partial charge in [-0.3, -0.25) is 4.79 Å². The number of esters is 1. The predicted molar refractivity (Wildman–Crippen MR) is 119 cm³/mol. The van der Waals surface area contributed by atoms with Crippen LogP contribution < -0.4 is 14.8 Å². The molecule has 8 nitrogen and oxygen atoms in total. The van der Waals surface area contributed by atoms with Crippen LogP contribution >= 0.6 is 0 Å². The molecule has 0 aliphatic rings. The molecule has 2 aromatic carbocycles. The highest BCUT2D eigenvalue weighted by Gasteiger charge is 2.23. The van der Waals surface area contributed by atoms with Crippen molar-refractivity contribution < 1.29 is 23.8 Å². The van der Waals surface area contributed by atoms with Crippen molar-refractivity contribution >= 4 is 11.9 Å². The molecular formula is C24H27N3O5. The number of hydrogen-bond donors (Lipinski definition) is 1. The van der Waals surface area contributed by atoms with Crippen LogP contribution in [0.3, 0.4) is 0 Å². The van der Waals surface area contributed by atoms with Crippen molar-refractivity contribution in [1.82, 2.24) is 14.9 Å². The third-order valence-corrected chi connectivity index (χ3v) is 4.97. The van der Waals surface area contributed by atoms with Crippen molar-refractivity contribution in [3.63, 3.8) is 0 Å². The molecule has 1 atom stereocenters. The van der Waals surface area contributed by atoms with Gasteiger partial charge in [0.15, 0.2) is 24.2 Å². The van der Waals surface area contributed by atoms with Crippen LogP contribution in [0.25, 0.3) is 0 Å². The summed E-state index contributed by atoms with van der Waals surface area (Å²) >= 11 is 0. The van der Waals surface area contributed by atoms with E-state index in [0.29, 0.717) is 29.3 Å². The predicted octanol–water partition coefficient (Wildman–Crippen LogP) is 3.08. The Morgan fingerprint density at radius 1 is 1.12 bits per heavy atom. The standard InChI is InChI=1S/C24H27N3O5/c1-25-22(28)16-31-19-12-10-18(15-21(19)30-3)24(29)32-20(23-26-13-14-27(23)2)11-9-17-7-5-4-6-8-17/h4-8,10,12-15,20H,9,11,16H2,1-3H3,(H,25,28)/t20-/m0/s1.